The van der Waals surface area contributed by atoms with Gasteiger partial charge in [0.2, 0.25) is 0 Å². The first-order valence-corrected chi connectivity index (χ1v) is 6.74. The van der Waals surface area contributed by atoms with Crippen molar-refractivity contribution < 1.29 is 4.74 Å². The molecule has 3 nitrogen and oxygen atoms in total. The van der Waals surface area contributed by atoms with Gasteiger partial charge in [-0.3, -0.25) is 4.90 Å². The molecule has 1 aliphatic rings. The van der Waals surface area contributed by atoms with Crippen LogP contribution in [0.3, 0.4) is 0 Å². The van der Waals surface area contributed by atoms with E-state index in [0.29, 0.717) is 12.6 Å². The van der Waals surface area contributed by atoms with Crippen LogP contribution in [0.1, 0.15) is 23.1 Å². The molecule has 1 atom stereocenters. The van der Waals surface area contributed by atoms with Gasteiger partial charge in [-0.15, -0.1) is 11.3 Å². The van der Waals surface area contributed by atoms with Gasteiger partial charge >= 0.3 is 0 Å². The Bertz CT molecular complexity index is 327. The Morgan fingerprint density at radius 2 is 2.31 bits per heavy atom. The maximum absolute atomic E-state index is 5.63. The molecule has 2 heterocycles. The zero-order valence-electron chi connectivity index (χ0n) is 9.82. The minimum absolute atomic E-state index is 0.581. The van der Waals surface area contributed by atoms with Crippen molar-refractivity contribution in [1.82, 2.24) is 4.90 Å². The molecule has 0 radical (unpaired) electrons. The highest BCUT2D eigenvalue weighted by Crippen LogP contribution is 2.20. The van der Waals surface area contributed by atoms with Crippen molar-refractivity contribution in [2.24, 2.45) is 5.73 Å². The molecule has 0 saturated carbocycles. The van der Waals surface area contributed by atoms with Crippen LogP contribution in [0, 0.1) is 0 Å². The van der Waals surface area contributed by atoms with Gasteiger partial charge in [-0.1, -0.05) is 6.92 Å². The number of rotatable bonds is 4. The van der Waals surface area contributed by atoms with Crippen molar-refractivity contribution in [2.45, 2.75) is 32.5 Å². The number of ether oxygens (including phenoxy) is 1. The monoisotopic (exact) mass is 240 g/mol. The lowest BCUT2D eigenvalue weighted by Gasteiger charge is -2.34. The number of hydrogen-bond donors (Lipinski definition) is 1. The molecule has 0 aliphatic carbocycles. The standard InChI is InChI=1S/C12H20N2OS/c1-2-10-9-15-6-5-14(10)8-12-4-3-11(7-13)16-12/h3-4,10H,2,5-9,13H2,1H3. The molecule has 1 aliphatic heterocycles. The van der Waals surface area contributed by atoms with Crippen molar-refractivity contribution in [3.63, 3.8) is 0 Å². The van der Waals surface area contributed by atoms with Gasteiger partial charge in [0.25, 0.3) is 0 Å². The topological polar surface area (TPSA) is 38.5 Å². The van der Waals surface area contributed by atoms with Gasteiger partial charge in [-0.05, 0) is 18.6 Å². The molecule has 0 amide bonds. The average molecular weight is 240 g/mol. The Balaban J connectivity index is 1.96. The third-order valence-electron chi connectivity index (χ3n) is 3.10. The fourth-order valence-electron chi connectivity index (χ4n) is 2.09. The molecule has 0 spiro atoms. The van der Waals surface area contributed by atoms with E-state index in [-0.39, 0.29) is 0 Å². The summed E-state index contributed by atoms with van der Waals surface area (Å²) in [5, 5.41) is 0. The van der Waals surface area contributed by atoms with Gasteiger partial charge in [0, 0.05) is 35.4 Å². The van der Waals surface area contributed by atoms with Crippen molar-refractivity contribution in [2.75, 3.05) is 19.8 Å². The number of morpholine rings is 1. The first-order chi connectivity index (χ1) is 7.83. The van der Waals surface area contributed by atoms with Crippen LogP contribution in [-0.4, -0.2) is 30.7 Å². The van der Waals surface area contributed by atoms with Crippen LogP contribution in [0.4, 0.5) is 0 Å². The van der Waals surface area contributed by atoms with Crippen molar-refractivity contribution >= 4 is 11.3 Å². The Kier molecular flexibility index (Phi) is 4.35. The van der Waals surface area contributed by atoms with Crippen LogP contribution in [0.5, 0.6) is 0 Å². The molecule has 90 valence electrons. The molecular weight excluding hydrogens is 220 g/mol. The van der Waals surface area contributed by atoms with Crippen LogP contribution in [0.25, 0.3) is 0 Å². The third kappa shape index (κ3) is 2.83. The van der Waals surface area contributed by atoms with E-state index in [1.165, 1.54) is 9.75 Å². The maximum Gasteiger partial charge on any atom is 0.0622 e. The SMILES string of the molecule is CCC1COCCN1Cc1ccc(CN)s1. The minimum atomic E-state index is 0.581. The summed E-state index contributed by atoms with van der Waals surface area (Å²) in [6.07, 6.45) is 1.16. The summed E-state index contributed by atoms with van der Waals surface area (Å²) in [6.45, 7) is 6.73. The highest BCUT2D eigenvalue weighted by atomic mass is 32.1. The van der Waals surface area contributed by atoms with Gasteiger partial charge in [-0.2, -0.15) is 0 Å². The smallest absolute Gasteiger partial charge is 0.0622 e. The second-order valence-corrected chi connectivity index (χ2v) is 5.43. The predicted molar refractivity (Wildman–Crippen MR) is 67.5 cm³/mol. The number of nitrogens with two attached hydrogens (primary N) is 1. The molecule has 1 aromatic heterocycles. The number of nitrogens with zero attached hydrogens (tertiary/aromatic N) is 1. The van der Waals surface area contributed by atoms with E-state index in [1.54, 1.807) is 0 Å². The molecule has 1 unspecified atom stereocenters. The largest absolute Gasteiger partial charge is 0.378 e. The molecule has 16 heavy (non-hydrogen) atoms. The Morgan fingerprint density at radius 1 is 1.50 bits per heavy atom. The normalized spacial score (nSPS) is 22.5. The molecule has 2 rings (SSSR count). The lowest BCUT2D eigenvalue weighted by Crippen LogP contribution is -2.44. The molecular formula is C12H20N2OS. The van der Waals surface area contributed by atoms with E-state index >= 15 is 0 Å². The van der Waals surface area contributed by atoms with Crippen LogP contribution < -0.4 is 5.73 Å². The second kappa shape index (κ2) is 5.77. The van der Waals surface area contributed by atoms with Crippen LogP contribution in [0.15, 0.2) is 12.1 Å². The van der Waals surface area contributed by atoms with Crippen LogP contribution in [-0.2, 0) is 17.8 Å². The van der Waals surface area contributed by atoms with E-state index in [4.69, 9.17) is 10.5 Å². The molecule has 0 aromatic carbocycles. The molecule has 1 saturated heterocycles. The van der Waals surface area contributed by atoms with Gasteiger partial charge in [-0.25, -0.2) is 0 Å². The van der Waals surface area contributed by atoms with E-state index < -0.39 is 0 Å². The summed E-state index contributed by atoms with van der Waals surface area (Å²) < 4.78 is 5.51. The fraction of sp³-hybridized carbons (Fsp3) is 0.667. The second-order valence-electron chi connectivity index (χ2n) is 4.18. The van der Waals surface area contributed by atoms with Crippen LogP contribution in [0.2, 0.25) is 0 Å². The van der Waals surface area contributed by atoms with Crippen molar-refractivity contribution in [3.05, 3.63) is 21.9 Å². The summed E-state index contributed by atoms with van der Waals surface area (Å²) in [4.78, 5) is 5.22. The minimum Gasteiger partial charge on any atom is -0.378 e. The number of thiophene rings is 1. The van der Waals surface area contributed by atoms with E-state index in [9.17, 15) is 0 Å². The number of hydrogen-bond acceptors (Lipinski definition) is 4. The lowest BCUT2D eigenvalue weighted by molar-refractivity contribution is -0.0122. The third-order valence-corrected chi connectivity index (χ3v) is 4.19. The molecule has 0 bridgehead atoms. The van der Waals surface area contributed by atoms with Gasteiger partial charge in [0.15, 0.2) is 0 Å². The Labute approximate surface area is 101 Å². The highest BCUT2D eigenvalue weighted by Gasteiger charge is 2.21. The quantitative estimate of drug-likeness (QED) is 0.872. The molecule has 1 fully saturated rings. The van der Waals surface area contributed by atoms with E-state index in [1.807, 2.05) is 11.3 Å². The summed E-state index contributed by atoms with van der Waals surface area (Å²) in [5.74, 6) is 0. The summed E-state index contributed by atoms with van der Waals surface area (Å²) in [6, 6.07) is 4.92. The average Bonchev–Trinajstić information content (AvgIpc) is 2.77. The summed E-state index contributed by atoms with van der Waals surface area (Å²) >= 11 is 1.83. The molecule has 1 aromatic rings. The predicted octanol–water partition coefficient (Wildman–Crippen LogP) is 1.82. The highest BCUT2D eigenvalue weighted by molar-refractivity contribution is 7.11. The summed E-state index contributed by atoms with van der Waals surface area (Å²) in [7, 11) is 0. The Morgan fingerprint density at radius 3 is 3.00 bits per heavy atom. The van der Waals surface area contributed by atoms with Gasteiger partial charge < -0.3 is 10.5 Å². The first kappa shape index (κ1) is 12.0. The maximum atomic E-state index is 5.63. The van der Waals surface area contributed by atoms with Crippen molar-refractivity contribution in [1.29, 1.82) is 0 Å². The van der Waals surface area contributed by atoms with Crippen LogP contribution >= 0.6 is 11.3 Å². The molecule has 2 N–H and O–H groups in total. The molecule has 4 heteroatoms. The van der Waals surface area contributed by atoms with Gasteiger partial charge in [0.1, 0.15) is 0 Å². The zero-order chi connectivity index (χ0) is 11.4. The Hall–Kier alpha value is -0.420. The van der Waals surface area contributed by atoms with Crippen molar-refractivity contribution in [3.8, 4) is 0 Å². The van der Waals surface area contributed by atoms with E-state index in [2.05, 4.69) is 24.0 Å². The first-order valence-electron chi connectivity index (χ1n) is 5.93. The van der Waals surface area contributed by atoms with E-state index in [0.717, 1.165) is 32.7 Å². The fourth-order valence-corrected chi connectivity index (χ4v) is 3.01. The van der Waals surface area contributed by atoms with Gasteiger partial charge in [0.05, 0.1) is 13.2 Å². The summed E-state index contributed by atoms with van der Waals surface area (Å²) in [5.41, 5.74) is 5.63. The lowest BCUT2D eigenvalue weighted by atomic mass is 10.2. The zero-order valence-corrected chi connectivity index (χ0v) is 10.6.